The summed E-state index contributed by atoms with van der Waals surface area (Å²) in [5.74, 6) is -3.39. The van der Waals surface area contributed by atoms with Gasteiger partial charge in [0.05, 0.1) is 11.6 Å². The van der Waals surface area contributed by atoms with Crippen LogP contribution in [-0.4, -0.2) is 11.8 Å². The summed E-state index contributed by atoms with van der Waals surface area (Å²) in [6, 6.07) is 11.2. The number of nitrogens with one attached hydrogen (secondary N) is 2. The first-order chi connectivity index (χ1) is 11.8. The summed E-state index contributed by atoms with van der Waals surface area (Å²) in [7, 11) is 0. The Bertz CT molecular complexity index is 835. The number of hydrogen-bond donors (Lipinski definition) is 2. The molecule has 2 amide bonds. The largest absolute Gasteiger partial charge is 0.325 e. The van der Waals surface area contributed by atoms with Crippen LogP contribution in [0.1, 0.15) is 19.4 Å². The van der Waals surface area contributed by atoms with Gasteiger partial charge < -0.3 is 10.6 Å². The Morgan fingerprint density at radius 3 is 2.00 bits per heavy atom. The first-order valence-corrected chi connectivity index (χ1v) is 7.33. The Labute approximate surface area is 143 Å². The lowest BCUT2D eigenvalue weighted by Gasteiger charge is -2.23. The van der Waals surface area contributed by atoms with Crippen molar-refractivity contribution in [1.29, 1.82) is 5.26 Å². The van der Waals surface area contributed by atoms with Gasteiger partial charge in [0.2, 0.25) is 11.8 Å². The zero-order valence-corrected chi connectivity index (χ0v) is 13.6. The van der Waals surface area contributed by atoms with Crippen molar-refractivity contribution in [3.05, 3.63) is 59.7 Å². The molecule has 0 aliphatic rings. The van der Waals surface area contributed by atoms with Gasteiger partial charge in [0.25, 0.3) is 0 Å². The summed E-state index contributed by atoms with van der Waals surface area (Å²) in [6.07, 6.45) is 0. The van der Waals surface area contributed by atoms with Crippen molar-refractivity contribution in [1.82, 2.24) is 0 Å². The van der Waals surface area contributed by atoms with Gasteiger partial charge in [-0.15, -0.1) is 0 Å². The third-order valence-corrected chi connectivity index (χ3v) is 3.61. The molecule has 0 saturated carbocycles. The molecule has 2 aromatic carbocycles. The minimum Gasteiger partial charge on any atom is -0.325 e. The second-order valence-electron chi connectivity index (χ2n) is 5.82. The summed E-state index contributed by atoms with van der Waals surface area (Å²) >= 11 is 0. The maximum atomic E-state index is 13.6. The van der Waals surface area contributed by atoms with Gasteiger partial charge in [-0.1, -0.05) is 6.07 Å². The van der Waals surface area contributed by atoms with Crippen molar-refractivity contribution in [2.75, 3.05) is 10.6 Å². The quantitative estimate of drug-likeness (QED) is 0.834. The number of nitriles is 1. The van der Waals surface area contributed by atoms with Crippen molar-refractivity contribution < 1.29 is 18.4 Å². The Balaban J connectivity index is 2.14. The number of carbonyl (C=O) groups is 2. The molecule has 0 aromatic heterocycles. The molecule has 0 unspecified atom stereocenters. The summed E-state index contributed by atoms with van der Waals surface area (Å²) < 4.78 is 27.3. The number of benzene rings is 2. The molecule has 128 valence electrons. The topological polar surface area (TPSA) is 82.0 Å². The zero-order chi connectivity index (χ0) is 18.6. The predicted molar refractivity (Wildman–Crippen MR) is 88.6 cm³/mol. The molecule has 0 saturated heterocycles. The minimum atomic E-state index is -1.59. The first kappa shape index (κ1) is 18.1. The van der Waals surface area contributed by atoms with E-state index in [4.69, 9.17) is 5.26 Å². The van der Waals surface area contributed by atoms with Crippen LogP contribution in [0.4, 0.5) is 20.2 Å². The SMILES string of the molecule is CC(C)(C(=O)Nc1ccc(C#N)cc1)C(=O)Nc1c(F)cccc1F. The van der Waals surface area contributed by atoms with Gasteiger partial charge in [0.15, 0.2) is 0 Å². The number of rotatable bonds is 4. The van der Waals surface area contributed by atoms with E-state index in [1.165, 1.54) is 44.2 Å². The highest BCUT2D eigenvalue weighted by Crippen LogP contribution is 2.24. The van der Waals surface area contributed by atoms with E-state index in [1.54, 1.807) is 0 Å². The molecule has 0 spiro atoms. The first-order valence-electron chi connectivity index (χ1n) is 7.33. The maximum Gasteiger partial charge on any atom is 0.239 e. The van der Waals surface area contributed by atoms with Crippen LogP contribution in [0.5, 0.6) is 0 Å². The van der Waals surface area contributed by atoms with Gasteiger partial charge in [-0.25, -0.2) is 8.78 Å². The molecule has 0 fully saturated rings. The molecule has 2 rings (SSSR count). The molecule has 25 heavy (non-hydrogen) atoms. The lowest BCUT2D eigenvalue weighted by atomic mass is 9.90. The van der Waals surface area contributed by atoms with Crippen LogP contribution in [0, 0.1) is 28.4 Å². The summed E-state index contributed by atoms with van der Waals surface area (Å²) in [5.41, 5.74) is -1.39. The van der Waals surface area contributed by atoms with Crippen molar-refractivity contribution in [2.24, 2.45) is 5.41 Å². The molecule has 0 aliphatic heterocycles. The highest BCUT2D eigenvalue weighted by atomic mass is 19.1. The number of para-hydroxylation sites is 1. The van der Waals surface area contributed by atoms with Gasteiger partial charge in [-0.3, -0.25) is 9.59 Å². The van der Waals surface area contributed by atoms with Gasteiger partial charge in [-0.2, -0.15) is 5.26 Å². The number of carbonyl (C=O) groups excluding carboxylic acids is 2. The molecular weight excluding hydrogens is 328 g/mol. The fourth-order valence-electron chi connectivity index (χ4n) is 1.91. The monoisotopic (exact) mass is 343 g/mol. The van der Waals surface area contributed by atoms with Gasteiger partial charge in [0.1, 0.15) is 22.7 Å². The van der Waals surface area contributed by atoms with E-state index >= 15 is 0 Å². The maximum absolute atomic E-state index is 13.6. The van der Waals surface area contributed by atoms with Gasteiger partial charge in [0, 0.05) is 5.69 Å². The number of nitrogens with zero attached hydrogens (tertiary/aromatic N) is 1. The molecule has 0 radical (unpaired) electrons. The van der Waals surface area contributed by atoms with Crippen LogP contribution < -0.4 is 10.6 Å². The zero-order valence-electron chi connectivity index (χ0n) is 13.6. The standard InChI is InChI=1S/C18H15F2N3O2/c1-18(2,16(24)22-12-8-6-11(10-21)7-9-12)17(25)23-15-13(19)4-3-5-14(15)20/h3-9H,1-2H3,(H,22,24)(H,23,25). The van der Waals surface area contributed by atoms with Gasteiger partial charge in [-0.05, 0) is 50.2 Å². The van der Waals surface area contributed by atoms with Crippen LogP contribution in [0.15, 0.2) is 42.5 Å². The second-order valence-corrected chi connectivity index (χ2v) is 5.82. The third-order valence-electron chi connectivity index (χ3n) is 3.61. The molecule has 0 bridgehead atoms. The molecule has 0 heterocycles. The number of halogens is 2. The van der Waals surface area contributed by atoms with Crippen LogP contribution in [0.3, 0.4) is 0 Å². The lowest BCUT2D eigenvalue weighted by molar-refractivity contribution is -0.135. The fraction of sp³-hybridized carbons (Fsp3) is 0.167. The summed E-state index contributed by atoms with van der Waals surface area (Å²) in [6.45, 7) is 2.67. The predicted octanol–water partition coefficient (Wildman–Crippen LogP) is 3.44. The number of anilines is 2. The molecule has 2 aromatic rings. The van der Waals surface area contributed by atoms with Gasteiger partial charge >= 0.3 is 0 Å². The van der Waals surface area contributed by atoms with Crippen molar-refractivity contribution >= 4 is 23.2 Å². The van der Waals surface area contributed by atoms with Crippen LogP contribution in [0.25, 0.3) is 0 Å². The lowest BCUT2D eigenvalue weighted by Crippen LogP contribution is -2.41. The molecular formula is C18H15F2N3O2. The summed E-state index contributed by atoms with van der Waals surface area (Å²) in [4.78, 5) is 24.7. The Morgan fingerprint density at radius 2 is 1.48 bits per heavy atom. The van der Waals surface area contributed by atoms with Crippen molar-refractivity contribution in [3.8, 4) is 6.07 Å². The van der Waals surface area contributed by atoms with Crippen molar-refractivity contribution in [3.63, 3.8) is 0 Å². The average molecular weight is 343 g/mol. The summed E-state index contributed by atoms with van der Waals surface area (Å²) in [5, 5.41) is 13.4. The Kier molecular flexibility index (Phi) is 5.13. The third kappa shape index (κ3) is 3.98. The number of hydrogen-bond acceptors (Lipinski definition) is 3. The Morgan fingerprint density at radius 1 is 0.960 bits per heavy atom. The van der Waals surface area contributed by atoms with E-state index in [-0.39, 0.29) is 0 Å². The Hall–Kier alpha value is -3.27. The average Bonchev–Trinajstić information content (AvgIpc) is 2.58. The fourth-order valence-corrected chi connectivity index (χ4v) is 1.91. The molecule has 5 nitrogen and oxygen atoms in total. The van der Waals surface area contributed by atoms with E-state index in [9.17, 15) is 18.4 Å². The highest BCUT2D eigenvalue weighted by molar-refractivity contribution is 6.14. The van der Waals surface area contributed by atoms with E-state index in [2.05, 4.69) is 10.6 Å². The van der Waals surface area contributed by atoms with Crippen LogP contribution in [0.2, 0.25) is 0 Å². The highest BCUT2D eigenvalue weighted by Gasteiger charge is 2.37. The smallest absolute Gasteiger partial charge is 0.239 e. The normalized spacial score (nSPS) is 10.7. The second kappa shape index (κ2) is 7.09. The van der Waals surface area contributed by atoms with E-state index in [0.717, 1.165) is 12.1 Å². The minimum absolute atomic E-state index is 0.391. The number of amides is 2. The van der Waals surface area contributed by atoms with Crippen LogP contribution in [-0.2, 0) is 9.59 Å². The molecule has 2 N–H and O–H groups in total. The molecule has 0 atom stereocenters. The van der Waals surface area contributed by atoms with Crippen LogP contribution >= 0.6 is 0 Å². The van der Waals surface area contributed by atoms with Crippen molar-refractivity contribution in [2.45, 2.75) is 13.8 Å². The van der Waals surface area contributed by atoms with E-state index in [0.29, 0.717) is 11.3 Å². The van der Waals surface area contributed by atoms with E-state index in [1.807, 2.05) is 6.07 Å². The molecule has 0 aliphatic carbocycles. The van der Waals surface area contributed by atoms with E-state index < -0.39 is 34.6 Å². The molecule has 7 heteroatoms.